The van der Waals surface area contributed by atoms with Crippen LogP contribution in [0, 0.1) is 17.6 Å². The van der Waals surface area contributed by atoms with E-state index < -0.39 is 9.73 Å². The Morgan fingerprint density at radius 1 is 1.27 bits per heavy atom. The Bertz CT molecular complexity index is 1150. The van der Waals surface area contributed by atoms with Crippen molar-refractivity contribution in [3.8, 4) is 5.75 Å². The molecule has 160 valence electrons. The maximum atomic E-state index is 12.1. The summed E-state index contributed by atoms with van der Waals surface area (Å²) in [5.41, 5.74) is 4.81. The quantitative estimate of drug-likeness (QED) is 0.568. The second kappa shape index (κ2) is 8.08. The number of hydrogen-bond acceptors (Lipinski definition) is 4. The van der Waals surface area contributed by atoms with E-state index in [1.165, 1.54) is 40.3 Å². The molecule has 4 rings (SSSR count). The largest absolute Gasteiger partial charge is 0.496 e. The molecule has 0 bridgehead atoms. The third kappa shape index (κ3) is 3.98. The van der Waals surface area contributed by atoms with Crippen molar-refractivity contribution in [2.45, 2.75) is 44.2 Å². The van der Waals surface area contributed by atoms with Gasteiger partial charge in [0.1, 0.15) is 5.75 Å². The monoisotopic (exact) mass is 425 g/mol. The van der Waals surface area contributed by atoms with Crippen LogP contribution in [-0.2, 0) is 16.3 Å². The van der Waals surface area contributed by atoms with Gasteiger partial charge in [0.15, 0.2) is 0 Å². The van der Waals surface area contributed by atoms with Gasteiger partial charge in [-0.15, -0.1) is 0 Å². The van der Waals surface area contributed by atoms with Gasteiger partial charge in [0, 0.05) is 46.4 Å². The molecule has 0 amide bonds. The van der Waals surface area contributed by atoms with Crippen LogP contribution in [-0.4, -0.2) is 34.0 Å². The lowest BCUT2D eigenvalue weighted by Gasteiger charge is -2.39. The maximum absolute atomic E-state index is 12.1. The first kappa shape index (κ1) is 20.9. The highest BCUT2D eigenvalue weighted by atomic mass is 32.2. The lowest BCUT2D eigenvalue weighted by molar-refractivity contribution is 0.110. The minimum absolute atomic E-state index is 0.293. The molecule has 2 heterocycles. The van der Waals surface area contributed by atoms with Crippen LogP contribution in [0.1, 0.15) is 42.5 Å². The van der Waals surface area contributed by atoms with E-state index in [4.69, 9.17) is 9.52 Å². The van der Waals surface area contributed by atoms with E-state index in [9.17, 15) is 4.21 Å². The molecule has 5 nitrogen and oxygen atoms in total. The molecule has 3 atom stereocenters. The number of hydrogen-bond donors (Lipinski definition) is 2. The highest BCUT2D eigenvalue weighted by molar-refractivity contribution is 7.91. The van der Waals surface area contributed by atoms with Gasteiger partial charge in [0.05, 0.1) is 16.8 Å². The predicted molar refractivity (Wildman–Crippen MR) is 123 cm³/mol. The van der Waals surface area contributed by atoms with E-state index in [0.717, 1.165) is 25.3 Å². The van der Waals surface area contributed by atoms with E-state index in [0.29, 0.717) is 16.9 Å². The maximum Gasteiger partial charge on any atom is 0.124 e. The van der Waals surface area contributed by atoms with Gasteiger partial charge in [-0.1, -0.05) is 19.1 Å². The van der Waals surface area contributed by atoms with Crippen LogP contribution in [0.2, 0.25) is 0 Å². The highest BCUT2D eigenvalue weighted by Crippen LogP contribution is 2.38. The van der Waals surface area contributed by atoms with Gasteiger partial charge >= 0.3 is 0 Å². The van der Waals surface area contributed by atoms with Crippen LogP contribution in [0.3, 0.4) is 0 Å². The summed E-state index contributed by atoms with van der Waals surface area (Å²) >= 11 is 0. The third-order valence-corrected chi connectivity index (χ3v) is 7.55. The van der Waals surface area contributed by atoms with Crippen LogP contribution < -0.4 is 4.74 Å². The van der Waals surface area contributed by atoms with Crippen molar-refractivity contribution in [2.24, 2.45) is 5.92 Å². The minimum Gasteiger partial charge on any atom is -0.496 e. The van der Waals surface area contributed by atoms with Crippen LogP contribution in [0.25, 0.3) is 10.9 Å². The number of nitrogens with one attached hydrogen (secondary N) is 2. The van der Waals surface area contributed by atoms with Crippen molar-refractivity contribution in [2.75, 3.05) is 19.9 Å². The number of H-pyrrole nitrogens is 1. The Labute approximate surface area is 179 Å². The zero-order valence-corrected chi connectivity index (χ0v) is 19.0. The summed E-state index contributed by atoms with van der Waals surface area (Å²) in [4.78, 5) is 6.50. The molecular formula is C24H31N3O2S. The molecule has 3 aromatic rings. The molecular weight excluding hydrogens is 394 g/mol. The summed E-state index contributed by atoms with van der Waals surface area (Å²) in [6.07, 6.45) is 5.74. The Morgan fingerprint density at radius 3 is 2.67 bits per heavy atom. The molecule has 6 heteroatoms. The van der Waals surface area contributed by atoms with Crippen molar-refractivity contribution in [1.29, 1.82) is 4.78 Å². The summed E-state index contributed by atoms with van der Waals surface area (Å²) in [6.45, 7) is 6.27. The summed E-state index contributed by atoms with van der Waals surface area (Å²) in [6, 6.07) is 12.4. The van der Waals surface area contributed by atoms with E-state index in [-0.39, 0.29) is 0 Å². The van der Waals surface area contributed by atoms with Gasteiger partial charge in [-0.3, -0.25) is 4.90 Å². The van der Waals surface area contributed by atoms with Crippen molar-refractivity contribution in [3.63, 3.8) is 0 Å². The Morgan fingerprint density at radius 2 is 2.00 bits per heavy atom. The molecule has 0 spiro atoms. The van der Waals surface area contributed by atoms with Gasteiger partial charge in [-0.2, -0.15) is 0 Å². The Hall–Kier alpha value is -2.31. The van der Waals surface area contributed by atoms with Gasteiger partial charge in [-0.25, -0.2) is 8.99 Å². The average Bonchev–Trinajstić information content (AvgIpc) is 3.21. The molecule has 1 unspecified atom stereocenters. The van der Waals surface area contributed by atoms with Gasteiger partial charge < -0.3 is 9.72 Å². The zero-order valence-electron chi connectivity index (χ0n) is 18.2. The first-order valence-electron chi connectivity index (χ1n) is 10.5. The molecule has 1 aromatic heterocycles. The molecule has 1 fully saturated rings. The third-order valence-electron chi connectivity index (χ3n) is 6.38. The van der Waals surface area contributed by atoms with Crippen molar-refractivity contribution in [1.82, 2.24) is 9.88 Å². The molecule has 0 radical (unpaired) electrons. The molecule has 30 heavy (non-hydrogen) atoms. The number of piperidine rings is 1. The minimum atomic E-state index is -2.69. The molecule has 0 saturated carbocycles. The smallest absolute Gasteiger partial charge is 0.124 e. The van der Waals surface area contributed by atoms with Gasteiger partial charge in [0.25, 0.3) is 0 Å². The number of fused-ring (bicyclic) bond motifs is 1. The fraction of sp³-hybridized carbons (Fsp3) is 0.417. The lowest BCUT2D eigenvalue weighted by Crippen LogP contribution is -2.36. The number of aromatic nitrogens is 1. The summed E-state index contributed by atoms with van der Waals surface area (Å²) in [5.74, 6) is 1.59. The van der Waals surface area contributed by atoms with Gasteiger partial charge in [0.2, 0.25) is 0 Å². The van der Waals surface area contributed by atoms with E-state index in [2.05, 4.69) is 48.0 Å². The van der Waals surface area contributed by atoms with Crippen LogP contribution in [0.15, 0.2) is 47.5 Å². The second-order valence-corrected chi connectivity index (χ2v) is 10.8. The number of methoxy groups -OCH3 is 1. The number of aromatic amines is 1. The number of benzene rings is 2. The Balaban J connectivity index is 1.70. The number of likely N-dealkylation sites (tertiary alicyclic amines) is 1. The van der Waals surface area contributed by atoms with E-state index >= 15 is 0 Å². The number of rotatable bonds is 5. The second-order valence-electron chi connectivity index (χ2n) is 8.67. The van der Waals surface area contributed by atoms with Crippen molar-refractivity contribution < 1.29 is 8.95 Å². The van der Waals surface area contributed by atoms with E-state index in [1.54, 1.807) is 7.11 Å². The van der Waals surface area contributed by atoms with Crippen LogP contribution in [0.5, 0.6) is 5.75 Å². The fourth-order valence-electron chi connectivity index (χ4n) is 4.66. The van der Waals surface area contributed by atoms with E-state index in [1.807, 2.05) is 18.3 Å². The lowest BCUT2D eigenvalue weighted by atomic mass is 9.87. The van der Waals surface area contributed by atoms with Gasteiger partial charge in [-0.05, 0) is 67.6 Å². The van der Waals surface area contributed by atoms with Crippen molar-refractivity contribution >= 4 is 20.6 Å². The summed E-state index contributed by atoms with van der Waals surface area (Å²) in [7, 11) is -0.943. The van der Waals surface area contributed by atoms with Crippen molar-refractivity contribution in [3.05, 3.63) is 59.3 Å². The summed E-state index contributed by atoms with van der Waals surface area (Å²) < 4.78 is 25.7. The number of ether oxygens (including phenoxy) is 1. The molecule has 0 aliphatic carbocycles. The Kier molecular flexibility index (Phi) is 5.64. The average molecular weight is 426 g/mol. The topological polar surface area (TPSA) is 69.2 Å². The zero-order chi connectivity index (χ0) is 21.5. The van der Waals surface area contributed by atoms with Crippen LogP contribution >= 0.6 is 0 Å². The first-order chi connectivity index (χ1) is 14.3. The summed E-state index contributed by atoms with van der Waals surface area (Å²) in [5, 5.41) is 1.22. The molecule has 1 aliphatic rings. The normalized spacial score (nSPS) is 22.1. The molecule has 1 aliphatic heterocycles. The molecule has 2 aromatic carbocycles. The fourth-order valence-corrected chi connectivity index (χ4v) is 5.32. The number of aryl methyl sites for hydroxylation is 1. The highest BCUT2D eigenvalue weighted by Gasteiger charge is 2.29. The SMILES string of the molecule is COc1cc(C)c2[nH]ccc2c1CN1CC[C@H](C)C[C@@H]1c1ccc(S(C)(=N)=O)cc1. The predicted octanol–water partition coefficient (Wildman–Crippen LogP) is 5.49. The number of nitrogens with zero attached hydrogens (tertiary/aromatic N) is 1. The first-order valence-corrected chi connectivity index (χ1v) is 12.5. The van der Waals surface area contributed by atoms with Crippen LogP contribution in [0.4, 0.5) is 0 Å². The standard InChI is InChI=1S/C24H31N3O2S/c1-16-10-12-27(22(13-16)18-5-7-19(8-6-18)30(4,25)28)15-21-20-9-11-26-24(20)17(2)14-23(21)29-3/h5-9,11,14,16,22,25-26H,10,12-13,15H2,1-4H3/t16-,22+,30?/m0/s1. The molecule has 1 saturated heterocycles. The molecule has 2 N–H and O–H groups in total.